The Balaban J connectivity index is 1.96. The lowest BCUT2D eigenvalue weighted by Crippen LogP contribution is -2.52. The number of nitriles is 1. The molecule has 2 heterocycles. The van der Waals surface area contributed by atoms with Crippen LogP contribution in [-0.2, 0) is 14.3 Å². The van der Waals surface area contributed by atoms with Gasteiger partial charge in [-0.05, 0) is 31.9 Å². The Hall–Kier alpha value is -2.63. The number of hydrogen-bond donors (Lipinski definition) is 0. The summed E-state index contributed by atoms with van der Waals surface area (Å²) in [5.41, 5.74) is 0.567. The maximum atomic E-state index is 13.2. The summed E-state index contributed by atoms with van der Waals surface area (Å²) in [6.45, 7) is 2.40. The SMILES string of the molecule is CO[C@H]1CC[C@H]2CCOc3c(C#N)cccc3C(=O)N(C)[C@@H](C)C(=O)N(C)C[C@@H]1O2. The minimum atomic E-state index is -0.690. The molecule has 8 nitrogen and oxygen atoms in total. The minimum absolute atomic E-state index is 0.0404. The van der Waals surface area contributed by atoms with E-state index in [1.54, 1.807) is 51.2 Å². The van der Waals surface area contributed by atoms with Crippen molar-refractivity contribution >= 4 is 11.8 Å². The summed E-state index contributed by atoms with van der Waals surface area (Å²) in [6.07, 6.45) is 1.89. The molecule has 0 aliphatic carbocycles. The maximum absolute atomic E-state index is 13.2. The van der Waals surface area contributed by atoms with Gasteiger partial charge < -0.3 is 24.0 Å². The second-order valence-electron chi connectivity index (χ2n) is 7.89. The van der Waals surface area contributed by atoms with Crippen LogP contribution in [0.25, 0.3) is 0 Å². The van der Waals surface area contributed by atoms with Crippen molar-refractivity contribution < 1.29 is 23.8 Å². The second-order valence-corrected chi connectivity index (χ2v) is 7.89. The van der Waals surface area contributed by atoms with E-state index in [0.29, 0.717) is 25.1 Å². The van der Waals surface area contributed by atoms with Gasteiger partial charge in [0.25, 0.3) is 5.91 Å². The molecule has 3 rings (SSSR count). The van der Waals surface area contributed by atoms with Gasteiger partial charge in [0.15, 0.2) is 0 Å². The lowest BCUT2D eigenvalue weighted by atomic mass is 9.98. The largest absolute Gasteiger partial charge is 0.491 e. The van der Waals surface area contributed by atoms with Crippen LogP contribution in [0.15, 0.2) is 18.2 Å². The van der Waals surface area contributed by atoms with E-state index >= 15 is 0 Å². The average molecular weight is 415 g/mol. The Morgan fingerprint density at radius 1 is 1.20 bits per heavy atom. The Kier molecular flexibility index (Phi) is 6.95. The van der Waals surface area contributed by atoms with Crippen molar-refractivity contribution in [1.29, 1.82) is 5.26 Å². The fraction of sp³-hybridized carbons (Fsp3) is 0.591. The third-order valence-electron chi connectivity index (χ3n) is 6.00. The van der Waals surface area contributed by atoms with Crippen LogP contribution >= 0.6 is 0 Å². The van der Waals surface area contributed by atoms with Crippen molar-refractivity contribution in [2.24, 2.45) is 0 Å². The van der Waals surface area contributed by atoms with E-state index in [0.717, 1.165) is 12.8 Å². The van der Waals surface area contributed by atoms with Gasteiger partial charge >= 0.3 is 0 Å². The molecule has 2 amide bonds. The molecule has 2 aliphatic heterocycles. The van der Waals surface area contributed by atoms with Gasteiger partial charge in [0.05, 0.1) is 29.9 Å². The number of fused-ring (bicyclic) bond motifs is 3. The topological polar surface area (TPSA) is 92.1 Å². The van der Waals surface area contributed by atoms with Crippen LogP contribution in [0.2, 0.25) is 0 Å². The molecule has 0 aromatic heterocycles. The van der Waals surface area contributed by atoms with E-state index in [1.807, 2.05) is 0 Å². The van der Waals surface area contributed by atoms with Crippen LogP contribution < -0.4 is 4.74 Å². The van der Waals surface area contributed by atoms with Gasteiger partial charge in [0, 0.05) is 34.2 Å². The van der Waals surface area contributed by atoms with Crippen molar-refractivity contribution in [1.82, 2.24) is 9.80 Å². The summed E-state index contributed by atoms with van der Waals surface area (Å²) in [5, 5.41) is 9.49. The summed E-state index contributed by atoms with van der Waals surface area (Å²) in [5.74, 6) is -0.300. The van der Waals surface area contributed by atoms with Crippen molar-refractivity contribution in [3.8, 4) is 11.8 Å². The standard InChI is InChI=1S/C22H29N3O5/c1-14-21(26)24(2)13-19-18(28-4)9-8-16(30-19)10-11-29-20-15(12-23)6-5-7-17(20)22(27)25(14)3/h5-7,14,16,18-19H,8-11,13H2,1-4H3/t14-,16-,18-,19-/m0/s1. The first-order valence-corrected chi connectivity index (χ1v) is 10.2. The lowest BCUT2D eigenvalue weighted by molar-refractivity contribution is -0.152. The normalized spacial score (nSPS) is 28.2. The van der Waals surface area contributed by atoms with Gasteiger partial charge in [-0.25, -0.2) is 0 Å². The molecule has 2 bridgehead atoms. The third kappa shape index (κ3) is 4.42. The predicted molar refractivity (Wildman–Crippen MR) is 109 cm³/mol. The Bertz CT molecular complexity index is 837. The first-order chi connectivity index (χ1) is 14.4. The molecule has 1 saturated heterocycles. The molecule has 2 aliphatic rings. The van der Waals surface area contributed by atoms with Gasteiger partial charge in [-0.2, -0.15) is 5.26 Å². The molecule has 0 saturated carbocycles. The van der Waals surface area contributed by atoms with Gasteiger partial charge in [-0.15, -0.1) is 0 Å². The smallest absolute Gasteiger partial charge is 0.258 e. The van der Waals surface area contributed by atoms with Crippen molar-refractivity contribution in [2.75, 3.05) is 34.4 Å². The number of carbonyl (C=O) groups is 2. The van der Waals surface area contributed by atoms with E-state index < -0.39 is 6.04 Å². The molecule has 4 atom stereocenters. The number of ether oxygens (including phenoxy) is 3. The summed E-state index contributed by atoms with van der Waals surface area (Å²) in [6, 6.07) is 6.29. The number of nitrogens with zero attached hydrogens (tertiary/aromatic N) is 3. The molecule has 0 radical (unpaired) electrons. The fourth-order valence-electron chi connectivity index (χ4n) is 4.03. The summed E-state index contributed by atoms with van der Waals surface area (Å²) in [4.78, 5) is 29.1. The molecule has 1 fully saturated rings. The molecule has 30 heavy (non-hydrogen) atoms. The van der Waals surface area contributed by atoms with Crippen molar-refractivity contribution in [3.63, 3.8) is 0 Å². The van der Waals surface area contributed by atoms with Crippen molar-refractivity contribution in [2.45, 2.75) is 50.5 Å². The monoisotopic (exact) mass is 415 g/mol. The average Bonchev–Trinajstić information content (AvgIpc) is 2.76. The Morgan fingerprint density at radius 2 is 1.97 bits per heavy atom. The van der Waals surface area contributed by atoms with Crippen LogP contribution in [0.1, 0.15) is 42.1 Å². The summed E-state index contributed by atoms with van der Waals surface area (Å²) >= 11 is 0. The highest BCUT2D eigenvalue weighted by Gasteiger charge is 2.35. The molecule has 1 aromatic carbocycles. The number of benzene rings is 1. The number of likely N-dealkylation sites (N-methyl/N-ethyl adjacent to an activating group) is 2. The van der Waals surface area contributed by atoms with Gasteiger partial charge in [-0.3, -0.25) is 9.59 Å². The van der Waals surface area contributed by atoms with Gasteiger partial charge in [0.1, 0.15) is 24.0 Å². The van der Waals surface area contributed by atoms with Crippen LogP contribution in [0, 0.1) is 11.3 Å². The molecule has 0 spiro atoms. The zero-order valence-electron chi connectivity index (χ0n) is 18.0. The van der Waals surface area contributed by atoms with Crippen molar-refractivity contribution in [3.05, 3.63) is 29.3 Å². The van der Waals surface area contributed by atoms with E-state index in [4.69, 9.17) is 14.2 Å². The Labute approximate surface area is 177 Å². The van der Waals surface area contributed by atoms with Crippen LogP contribution in [-0.4, -0.2) is 80.3 Å². The van der Waals surface area contributed by atoms with E-state index in [-0.39, 0.29) is 41.4 Å². The highest BCUT2D eigenvalue weighted by molar-refractivity contribution is 6.00. The molecular formula is C22H29N3O5. The molecule has 0 unspecified atom stereocenters. The van der Waals surface area contributed by atoms with Crippen LogP contribution in [0.4, 0.5) is 0 Å². The number of methoxy groups -OCH3 is 1. The molecule has 0 N–H and O–H groups in total. The number of carbonyl (C=O) groups excluding carboxylic acids is 2. The van der Waals surface area contributed by atoms with Gasteiger partial charge in [-0.1, -0.05) is 6.07 Å². The third-order valence-corrected chi connectivity index (χ3v) is 6.00. The quantitative estimate of drug-likeness (QED) is 0.695. The number of rotatable bonds is 1. The van der Waals surface area contributed by atoms with E-state index in [1.165, 1.54) is 4.90 Å². The molecular weight excluding hydrogens is 386 g/mol. The van der Waals surface area contributed by atoms with Crippen LogP contribution in [0.5, 0.6) is 5.75 Å². The van der Waals surface area contributed by atoms with E-state index in [2.05, 4.69) is 6.07 Å². The fourth-order valence-corrected chi connectivity index (χ4v) is 4.03. The maximum Gasteiger partial charge on any atom is 0.258 e. The first-order valence-electron chi connectivity index (χ1n) is 10.2. The number of para-hydroxylation sites is 1. The van der Waals surface area contributed by atoms with E-state index in [9.17, 15) is 14.9 Å². The lowest BCUT2D eigenvalue weighted by Gasteiger charge is -2.39. The summed E-state index contributed by atoms with van der Waals surface area (Å²) < 4.78 is 17.7. The highest BCUT2D eigenvalue weighted by atomic mass is 16.5. The zero-order chi connectivity index (χ0) is 21.8. The molecule has 8 heteroatoms. The predicted octanol–water partition coefficient (Wildman–Crippen LogP) is 1.82. The highest BCUT2D eigenvalue weighted by Crippen LogP contribution is 2.28. The number of hydrogen-bond acceptors (Lipinski definition) is 6. The summed E-state index contributed by atoms with van der Waals surface area (Å²) in [7, 11) is 4.95. The Morgan fingerprint density at radius 3 is 2.67 bits per heavy atom. The minimum Gasteiger partial charge on any atom is -0.491 e. The van der Waals surface area contributed by atoms with Crippen LogP contribution in [0.3, 0.4) is 0 Å². The molecule has 162 valence electrons. The zero-order valence-corrected chi connectivity index (χ0v) is 18.0. The number of amides is 2. The molecule has 1 aromatic rings. The second kappa shape index (κ2) is 9.45. The van der Waals surface area contributed by atoms with Gasteiger partial charge in [0.2, 0.25) is 5.91 Å². The first kappa shape index (κ1) is 22.1.